The standard InChI is InChI=1S/C20H21N3OS/c24-20(22-12-16-4-3-11-25-16)14-23-9-7-15(8-10-23)18-13-21-19-6-2-1-5-17(18)19/h1-7,11,13,21H,8-10,12,14H2,(H,22,24). The first-order valence-corrected chi connectivity index (χ1v) is 9.44. The molecular weight excluding hydrogens is 330 g/mol. The van der Waals surface area contributed by atoms with Crippen LogP contribution in [0, 0.1) is 0 Å². The van der Waals surface area contributed by atoms with Gasteiger partial charge in [0.05, 0.1) is 13.1 Å². The SMILES string of the molecule is O=C(CN1CC=C(c2c[nH]c3ccccc23)CC1)NCc1cccs1. The van der Waals surface area contributed by atoms with Crippen LogP contribution in [0.4, 0.5) is 0 Å². The van der Waals surface area contributed by atoms with Gasteiger partial charge in [0.25, 0.3) is 0 Å². The second-order valence-corrected chi connectivity index (χ2v) is 7.35. The molecule has 128 valence electrons. The molecule has 0 saturated heterocycles. The van der Waals surface area contributed by atoms with E-state index < -0.39 is 0 Å². The first-order chi connectivity index (χ1) is 12.3. The maximum atomic E-state index is 12.1. The number of H-pyrrole nitrogens is 1. The first kappa shape index (κ1) is 16.1. The van der Waals surface area contributed by atoms with Crippen LogP contribution in [0.15, 0.2) is 54.1 Å². The quantitative estimate of drug-likeness (QED) is 0.737. The summed E-state index contributed by atoms with van der Waals surface area (Å²) in [6.45, 7) is 2.82. The van der Waals surface area contributed by atoms with E-state index >= 15 is 0 Å². The molecule has 3 heterocycles. The summed E-state index contributed by atoms with van der Waals surface area (Å²) in [6, 6.07) is 12.4. The lowest BCUT2D eigenvalue weighted by Gasteiger charge is -2.25. The molecule has 2 N–H and O–H groups in total. The summed E-state index contributed by atoms with van der Waals surface area (Å²) in [5, 5.41) is 6.30. The third-order valence-corrected chi connectivity index (χ3v) is 5.51. The van der Waals surface area contributed by atoms with E-state index in [2.05, 4.69) is 51.7 Å². The van der Waals surface area contributed by atoms with Crippen LogP contribution >= 0.6 is 11.3 Å². The number of fused-ring (bicyclic) bond motifs is 1. The molecule has 0 bridgehead atoms. The van der Waals surface area contributed by atoms with Crippen LogP contribution in [-0.4, -0.2) is 35.4 Å². The van der Waals surface area contributed by atoms with Crippen LogP contribution in [0.3, 0.4) is 0 Å². The number of amides is 1. The number of nitrogens with one attached hydrogen (secondary N) is 2. The third-order valence-electron chi connectivity index (χ3n) is 4.64. The zero-order valence-electron chi connectivity index (χ0n) is 14.0. The molecule has 4 rings (SSSR count). The lowest BCUT2D eigenvalue weighted by Crippen LogP contribution is -2.38. The number of aromatic nitrogens is 1. The number of aromatic amines is 1. The average Bonchev–Trinajstić information content (AvgIpc) is 3.30. The minimum atomic E-state index is 0.0948. The molecule has 25 heavy (non-hydrogen) atoms. The monoisotopic (exact) mass is 351 g/mol. The highest BCUT2D eigenvalue weighted by Gasteiger charge is 2.17. The summed E-state index contributed by atoms with van der Waals surface area (Å²) < 4.78 is 0. The number of nitrogens with zero attached hydrogens (tertiary/aromatic N) is 1. The molecule has 1 amide bonds. The van der Waals surface area contributed by atoms with Crippen LogP contribution in [0.25, 0.3) is 16.5 Å². The van der Waals surface area contributed by atoms with Crippen molar-refractivity contribution in [1.29, 1.82) is 0 Å². The third kappa shape index (κ3) is 3.67. The zero-order valence-corrected chi connectivity index (χ0v) is 14.8. The van der Waals surface area contributed by atoms with E-state index in [1.807, 2.05) is 17.5 Å². The number of rotatable bonds is 5. The van der Waals surface area contributed by atoms with E-state index in [0.29, 0.717) is 13.1 Å². The van der Waals surface area contributed by atoms with Gasteiger partial charge in [0.2, 0.25) is 5.91 Å². The maximum absolute atomic E-state index is 12.1. The summed E-state index contributed by atoms with van der Waals surface area (Å²) >= 11 is 1.67. The van der Waals surface area contributed by atoms with Crippen LogP contribution in [0.2, 0.25) is 0 Å². The fourth-order valence-corrected chi connectivity index (χ4v) is 3.94. The van der Waals surface area contributed by atoms with Gasteiger partial charge in [-0.15, -0.1) is 11.3 Å². The molecule has 0 radical (unpaired) electrons. The molecule has 1 aromatic carbocycles. The molecule has 4 nitrogen and oxygen atoms in total. The Morgan fingerprint density at radius 2 is 2.16 bits per heavy atom. The van der Waals surface area contributed by atoms with Crippen molar-refractivity contribution >= 4 is 33.7 Å². The second-order valence-electron chi connectivity index (χ2n) is 6.32. The largest absolute Gasteiger partial charge is 0.361 e. The number of hydrogen-bond donors (Lipinski definition) is 2. The van der Waals surface area contributed by atoms with Crippen molar-refractivity contribution in [2.75, 3.05) is 19.6 Å². The molecule has 0 aliphatic carbocycles. The number of benzene rings is 1. The van der Waals surface area contributed by atoms with Gasteiger partial charge in [0.1, 0.15) is 0 Å². The van der Waals surface area contributed by atoms with E-state index in [4.69, 9.17) is 0 Å². The Balaban J connectivity index is 1.35. The molecule has 0 saturated carbocycles. The smallest absolute Gasteiger partial charge is 0.234 e. The highest BCUT2D eigenvalue weighted by Crippen LogP contribution is 2.28. The van der Waals surface area contributed by atoms with Crippen molar-refractivity contribution in [1.82, 2.24) is 15.2 Å². The van der Waals surface area contributed by atoms with Gasteiger partial charge in [-0.1, -0.05) is 30.3 Å². The molecular formula is C20H21N3OS. The summed E-state index contributed by atoms with van der Waals surface area (Å²) in [5.74, 6) is 0.0948. The van der Waals surface area contributed by atoms with Crippen molar-refractivity contribution in [3.05, 3.63) is 64.5 Å². The highest BCUT2D eigenvalue weighted by molar-refractivity contribution is 7.09. The summed E-state index contributed by atoms with van der Waals surface area (Å²) in [6.07, 6.45) is 5.33. The van der Waals surface area contributed by atoms with Gasteiger partial charge in [0.15, 0.2) is 0 Å². The number of para-hydroxylation sites is 1. The normalized spacial score (nSPS) is 15.3. The maximum Gasteiger partial charge on any atom is 0.234 e. The Morgan fingerprint density at radius 1 is 1.24 bits per heavy atom. The Kier molecular flexibility index (Phi) is 4.68. The van der Waals surface area contributed by atoms with Crippen molar-refractivity contribution < 1.29 is 4.79 Å². The van der Waals surface area contributed by atoms with Gasteiger partial charge in [-0.2, -0.15) is 0 Å². The Morgan fingerprint density at radius 3 is 2.96 bits per heavy atom. The predicted octanol–water partition coefficient (Wildman–Crippen LogP) is 3.63. The molecule has 3 aromatic rings. The molecule has 0 fully saturated rings. The minimum Gasteiger partial charge on any atom is -0.361 e. The number of hydrogen-bond acceptors (Lipinski definition) is 3. The molecule has 0 unspecified atom stereocenters. The van der Waals surface area contributed by atoms with Crippen molar-refractivity contribution in [2.24, 2.45) is 0 Å². The average molecular weight is 351 g/mol. The molecule has 5 heteroatoms. The molecule has 0 spiro atoms. The topological polar surface area (TPSA) is 48.1 Å². The van der Waals surface area contributed by atoms with Gasteiger partial charge in [-0.25, -0.2) is 0 Å². The second kappa shape index (κ2) is 7.25. The molecule has 2 aromatic heterocycles. The van der Waals surface area contributed by atoms with Gasteiger partial charge in [-0.05, 0) is 29.5 Å². The predicted molar refractivity (Wildman–Crippen MR) is 103 cm³/mol. The van der Waals surface area contributed by atoms with E-state index in [1.54, 1.807) is 11.3 Å². The summed E-state index contributed by atoms with van der Waals surface area (Å²) in [7, 11) is 0. The number of carbonyl (C=O) groups excluding carboxylic acids is 1. The van der Waals surface area contributed by atoms with Crippen molar-refractivity contribution in [2.45, 2.75) is 13.0 Å². The highest BCUT2D eigenvalue weighted by atomic mass is 32.1. The fraction of sp³-hybridized carbons (Fsp3) is 0.250. The van der Waals surface area contributed by atoms with Gasteiger partial charge < -0.3 is 10.3 Å². The molecule has 1 aliphatic rings. The Hall–Kier alpha value is -2.37. The van der Waals surface area contributed by atoms with Crippen molar-refractivity contribution in [3.63, 3.8) is 0 Å². The van der Waals surface area contributed by atoms with Crippen LogP contribution in [-0.2, 0) is 11.3 Å². The lowest BCUT2D eigenvalue weighted by atomic mass is 9.99. The molecule has 0 atom stereocenters. The molecule has 1 aliphatic heterocycles. The van der Waals surface area contributed by atoms with E-state index in [0.717, 1.165) is 19.5 Å². The number of thiophene rings is 1. The summed E-state index contributed by atoms with van der Waals surface area (Å²) in [4.78, 5) is 18.8. The van der Waals surface area contributed by atoms with Crippen LogP contribution in [0.1, 0.15) is 16.9 Å². The fourth-order valence-electron chi connectivity index (χ4n) is 3.29. The zero-order chi connectivity index (χ0) is 17.1. The minimum absolute atomic E-state index is 0.0948. The lowest BCUT2D eigenvalue weighted by molar-refractivity contribution is -0.122. The Labute approximate surface area is 151 Å². The number of carbonyl (C=O) groups is 1. The van der Waals surface area contributed by atoms with Gasteiger partial charge >= 0.3 is 0 Å². The van der Waals surface area contributed by atoms with Crippen LogP contribution < -0.4 is 5.32 Å². The van der Waals surface area contributed by atoms with E-state index in [1.165, 1.54) is 26.9 Å². The van der Waals surface area contributed by atoms with Gasteiger partial charge in [-0.3, -0.25) is 9.69 Å². The first-order valence-electron chi connectivity index (χ1n) is 8.56. The van der Waals surface area contributed by atoms with Crippen LogP contribution in [0.5, 0.6) is 0 Å². The summed E-state index contributed by atoms with van der Waals surface area (Å²) in [5.41, 5.74) is 3.83. The Bertz CT molecular complexity index is 895. The van der Waals surface area contributed by atoms with Crippen molar-refractivity contribution in [3.8, 4) is 0 Å². The van der Waals surface area contributed by atoms with E-state index in [-0.39, 0.29) is 5.91 Å². The van der Waals surface area contributed by atoms with E-state index in [9.17, 15) is 4.79 Å². The van der Waals surface area contributed by atoms with Gasteiger partial charge in [0, 0.05) is 40.6 Å².